The van der Waals surface area contributed by atoms with Crippen LogP contribution in [0.3, 0.4) is 0 Å². The van der Waals surface area contributed by atoms with E-state index in [1.54, 1.807) is 18.2 Å². The van der Waals surface area contributed by atoms with Gasteiger partial charge >= 0.3 is 0 Å². The Labute approximate surface area is 134 Å². The summed E-state index contributed by atoms with van der Waals surface area (Å²) in [6.45, 7) is 10.1. The molecule has 0 aliphatic heterocycles. The zero-order valence-electron chi connectivity index (χ0n) is 12.4. The van der Waals surface area contributed by atoms with Crippen molar-refractivity contribution in [1.29, 1.82) is 0 Å². The van der Waals surface area contributed by atoms with Gasteiger partial charge in [-0.1, -0.05) is 27.5 Å². The molecule has 0 aromatic heterocycles. The van der Waals surface area contributed by atoms with Gasteiger partial charge in [-0.3, -0.25) is 9.69 Å². The van der Waals surface area contributed by atoms with Crippen LogP contribution in [0.15, 0.2) is 22.7 Å². The highest BCUT2D eigenvalue weighted by molar-refractivity contribution is 9.10. The molecule has 0 aliphatic rings. The molecule has 0 fully saturated rings. The quantitative estimate of drug-likeness (QED) is 0.832. The molecule has 1 aromatic carbocycles. The molecule has 1 rings (SSSR count). The van der Waals surface area contributed by atoms with Crippen molar-refractivity contribution in [2.45, 2.75) is 39.8 Å². The van der Waals surface area contributed by atoms with Crippen LogP contribution in [-0.2, 0) is 0 Å². The molecule has 0 heterocycles. The fourth-order valence-corrected chi connectivity index (χ4v) is 3.06. The lowest BCUT2D eigenvalue weighted by molar-refractivity contribution is 0.0939. The summed E-state index contributed by atoms with van der Waals surface area (Å²) in [7, 11) is 0. The molecule has 0 saturated carbocycles. The zero-order chi connectivity index (χ0) is 15.3. The number of hydrogen-bond acceptors (Lipinski definition) is 2. The van der Waals surface area contributed by atoms with Gasteiger partial charge in [-0.2, -0.15) is 0 Å². The van der Waals surface area contributed by atoms with Gasteiger partial charge < -0.3 is 5.32 Å². The maximum absolute atomic E-state index is 12.1. The van der Waals surface area contributed by atoms with Gasteiger partial charge in [0.1, 0.15) is 0 Å². The summed E-state index contributed by atoms with van der Waals surface area (Å²) in [5.74, 6) is -0.0966. The Bertz CT molecular complexity index is 435. The van der Waals surface area contributed by atoms with E-state index in [0.717, 1.165) is 11.0 Å². The lowest BCUT2D eigenvalue weighted by Gasteiger charge is -2.30. The summed E-state index contributed by atoms with van der Waals surface area (Å²) in [6, 6.07) is 6.13. The molecule has 1 N–H and O–H groups in total. The molecular weight excluding hydrogens is 340 g/mol. The second kappa shape index (κ2) is 8.01. The van der Waals surface area contributed by atoms with Crippen molar-refractivity contribution in [3.8, 4) is 0 Å². The molecule has 5 heteroatoms. The zero-order valence-corrected chi connectivity index (χ0v) is 14.8. The molecular formula is C15H22BrClN2O. The minimum atomic E-state index is -0.0966. The Morgan fingerprint density at radius 2 is 1.85 bits per heavy atom. The number of nitrogens with zero attached hydrogens (tertiary/aromatic N) is 1. The number of carbonyl (C=O) groups excluding carboxylic acids is 1. The second-order valence-corrected chi connectivity index (χ2v) is 6.69. The minimum absolute atomic E-state index is 0.0966. The van der Waals surface area contributed by atoms with E-state index in [1.165, 1.54) is 0 Å². The van der Waals surface area contributed by atoms with E-state index in [1.807, 2.05) is 0 Å². The van der Waals surface area contributed by atoms with Gasteiger partial charge in [0.15, 0.2) is 0 Å². The molecule has 0 aliphatic carbocycles. The number of benzene rings is 1. The van der Waals surface area contributed by atoms with Crippen LogP contribution in [-0.4, -0.2) is 36.0 Å². The van der Waals surface area contributed by atoms with E-state index in [0.29, 0.717) is 29.2 Å². The molecule has 0 atom stereocenters. The van der Waals surface area contributed by atoms with E-state index < -0.39 is 0 Å². The predicted molar refractivity (Wildman–Crippen MR) is 88.5 cm³/mol. The number of rotatable bonds is 6. The van der Waals surface area contributed by atoms with E-state index in [-0.39, 0.29) is 5.91 Å². The molecule has 0 radical (unpaired) electrons. The van der Waals surface area contributed by atoms with Crippen molar-refractivity contribution >= 4 is 33.4 Å². The van der Waals surface area contributed by atoms with Crippen molar-refractivity contribution in [3.05, 3.63) is 33.3 Å². The van der Waals surface area contributed by atoms with Crippen LogP contribution in [0.4, 0.5) is 0 Å². The van der Waals surface area contributed by atoms with Crippen molar-refractivity contribution in [1.82, 2.24) is 10.2 Å². The Kier molecular flexibility index (Phi) is 7.00. The fraction of sp³-hybridized carbons (Fsp3) is 0.533. The maximum atomic E-state index is 12.1. The highest BCUT2D eigenvalue weighted by Gasteiger charge is 2.13. The van der Waals surface area contributed by atoms with E-state index in [4.69, 9.17) is 11.6 Å². The van der Waals surface area contributed by atoms with E-state index in [2.05, 4.69) is 53.8 Å². The molecule has 0 saturated heterocycles. The largest absolute Gasteiger partial charge is 0.351 e. The van der Waals surface area contributed by atoms with Gasteiger partial charge in [-0.05, 0) is 45.9 Å². The summed E-state index contributed by atoms with van der Waals surface area (Å²) >= 11 is 9.28. The highest BCUT2D eigenvalue weighted by atomic mass is 79.9. The highest BCUT2D eigenvalue weighted by Crippen LogP contribution is 2.19. The molecule has 0 spiro atoms. The van der Waals surface area contributed by atoms with Crippen LogP contribution >= 0.6 is 27.5 Å². The third-order valence-corrected chi connectivity index (χ3v) is 3.78. The molecule has 112 valence electrons. The van der Waals surface area contributed by atoms with Gasteiger partial charge in [0.05, 0.1) is 0 Å². The van der Waals surface area contributed by atoms with Crippen LogP contribution in [0, 0.1) is 0 Å². The smallest absolute Gasteiger partial charge is 0.251 e. The van der Waals surface area contributed by atoms with Crippen LogP contribution in [0.1, 0.15) is 38.1 Å². The lowest BCUT2D eigenvalue weighted by Crippen LogP contribution is -2.42. The minimum Gasteiger partial charge on any atom is -0.351 e. The summed E-state index contributed by atoms with van der Waals surface area (Å²) < 4.78 is 0.807. The Hall–Kier alpha value is -0.580. The summed E-state index contributed by atoms with van der Waals surface area (Å²) in [6.07, 6.45) is 0. The maximum Gasteiger partial charge on any atom is 0.251 e. The van der Waals surface area contributed by atoms with Gasteiger partial charge in [-0.25, -0.2) is 0 Å². The normalized spacial score (nSPS) is 11.4. The second-order valence-electron chi connectivity index (χ2n) is 5.34. The monoisotopic (exact) mass is 360 g/mol. The summed E-state index contributed by atoms with van der Waals surface area (Å²) in [5, 5.41) is 3.48. The third-order valence-electron chi connectivity index (χ3n) is 3.11. The standard InChI is InChI=1S/C15H22BrClN2O/c1-10(2)19(11(3)4)6-5-18-15(20)12-7-13(16)9-14(17)8-12/h7-11H,5-6H2,1-4H3,(H,18,20). The SMILES string of the molecule is CC(C)N(CCNC(=O)c1cc(Cl)cc(Br)c1)C(C)C. The van der Waals surface area contributed by atoms with Crippen molar-refractivity contribution in [2.24, 2.45) is 0 Å². The lowest BCUT2D eigenvalue weighted by atomic mass is 10.2. The van der Waals surface area contributed by atoms with Crippen LogP contribution in [0.2, 0.25) is 5.02 Å². The number of amides is 1. The average molecular weight is 362 g/mol. The van der Waals surface area contributed by atoms with Gasteiger partial charge in [0, 0.05) is 40.2 Å². The number of hydrogen-bond donors (Lipinski definition) is 1. The van der Waals surface area contributed by atoms with Crippen LogP contribution in [0.25, 0.3) is 0 Å². The first-order valence-electron chi connectivity index (χ1n) is 6.81. The van der Waals surface area contributed by atoms with Gasteiger partial charge in [0.2, 0.25) is 0 Å². The average Bonchev–Trinajstić information content (AvgIpc) is 2.32. The predicted octanol–water partition coefficient (Wildman–Crippen LogP) is 3.95. The Morgan fingerprint density at radius 3 is 2.35 bits per heavy atom. The molecule has 3 nitrogen and oxygen atoms in total. The van der Waals surface area contributed by atoms with Crippen molar-refractivity contribution in [2.75, 3.05) is 13.1 Å². The van der Waals surface area contributed by atoms with Gasteiger partial charge in [-0.15, -0.1) is 0 Å². The molecule has 20 heavy (non-hydrogen) atoms. The summed E-state index contributed by atoms with van der Waals surface area (Å²) in [4.78, 5) is 14.4. The van der Waals surface area contributed by atoms with Crippen LogP contribution in [0.5, 0.6) is 0 Å². The van der Waals surface area contributed by atoms with Gasteiger partial charge in [0.25, 0.3) is 5.91 Å². The first-order valence-corrected chi connectivity index (χ1v) is 7.98. The first kappa shape index (κ1) is 17.5. The topological polar surface area (TPSA) is 32.3 Å². The van der Waals surface area contributed by atoms with E-state index in [9.17, 15) is 4.79 Å². The van der Waals surface area contributed by atoms with Crippen molar-refractivity contribution < 1.29 is 4.79 Å². The Balaban J connectivity index is 2.55. The molecule has 0 unspecified atom stereocenters. The third kappa shape index (κ3) is 5.43. The van der Waals surface area contributed by atoms with Crippen molar-refractivity contribution in [3.63, 3.8) is 0 Å². The molecule has 0 bridgehead atoms. The number of carbonyl (C=O) groups is 1. The van der Waals surface area contributed by atoms with Crippen LogP contribution < -0.4 is 5.32 Å². The fourth-order valence-electron chi connectivity index (χ4n) is 2.20. The first-order chi connectivity index (χ1) is 9.31. The summed E-state index contributed by atoms with van der Waals surface area (Å²) in [5.41, 5.74) is 0.574. The molecule has 1 amide bonds. The number of nitrogens with one attached hydrogen (secondary N) is 1. The Morgan fingerprint density at radius 1 is 1.25 bits per heavy atom. The van der Waals surface area contributed by atoms with E-state index >= 15 is 0 Å². The molecule has 1 aromatic rings. The number of halogens is 2.